The molecule has 3 nitrogen and oxygen atoms in total. The number of aryl methyl sites for hydroxylation is 2. The van der Waals surface area contributed by atoms with Crippen LogP contribution in [0.2, 0.25) is 0 Å². The summed E-state index contributed by atoms with van der Waals surface area (Å²) in [6.07, 6.45) is 0.976. The summed E-state index contributed by atoms with van der Waals surface area (Å²) in [5.41, 5.74) is 3.27. The molecule has 1 heterocycles. The van der Waals surface area contributed by atoms with Gasteiger partial charge in [0.1, 0.15) is 0 Å². The Kier molecular flexibility index (Phi) is 4.02. The molecule has 2 rings (SSSR count). The number of hydrogen-bond acceptors (Lipinski definition) is 2. The number of amides is 1. The van der Waals surface area contributed by atoms with Crippen LogP contribution in [0.25, 0.3) is 0 Å². The van der Waals surface area contributed by atoms with E-state index in [4.69, 9.17) is 0 Å². The number of carbonyl (C=O) groups excluding carboxylic acids is 1. The van der Waals surface area contributed by atoms with Crippen LogP contribution in [0.5, 0.6) is 0 Å². The fourth-order valence-electron chi connectivity index (χ4n) is 2.65. The molecule has 3 heteroatoms. The predicted molar refractivity (Wildman–Crippen MR) is 74.7 cm³/mol. The van der Waals surface area contributed by atoms with Crippen LogP contribution in [0.1, 0.15) is 24.5 Å². The minimum absolute atomic E-state index is 0.0922. The van der Waals surface area contributed by atoms with Crippen LogP contribution in [-0.2, 0) is 4.79 Å². The highest BCUT2D eigenvalue weighted by Gasteiger charge is 2.24. The standard InChI is InChI=1S/C15H22N2O/c1-10-4-11(2)7-14(6-10)17-15(18)13-5-12(3)8-16-9-13/h4,6-7,12-13,16H,5,8-9H2,1-3H3,(H,17,18). The van der Waals surface area contributed by atoms with E-state index in [1.807, 2.05) is 26.0 Å². The molecule has 1 saturated heterocycles. The molecule has 98 valence electrons. The number of hydrogen-bond donors (Lipinski definition) is 2. The highest BCUT2D eigenvalue weighted by Crippen LogP contribution is 2.19. The lowest BCUT2D eigenvalue weighted by atomic mass is 9.91. The molecule has 0 spiro atoms. The number of rotatable bonds is 2. The molecule has 0 bridgehead atoms. The smallest absolute Gasteiger partial charge is 0.228 e. The second kappa shape index (κ2) is 5.53. The molecule has 1 aliphatic rings. The van der Waals surface area contributed by atoms with Crippen molar-refractivity contribution in [1.82, 2.24) is 5.32 Å². The zero-order chi connectivity index (χ0) is 13.1. The third-order valence-electron chi connectivity index (χ3n) is 3.43. The van der Waals surface area contributed by atoms with Crippen molar-refractivity contribution < 1.29 is 4.79 Å². The van der Waals surface area contributed by atoms with Gasteiger partial charge < -0.3 is 10.6 Å². The minimum Gasteiger partial charge on any atom is -0.326 e. The van der Waals surface area contributed by atoms with Crippen LogP contribution in [-0.4, -0.2) is 19.0 Å². The van der Waals surface area contributed by atoms with Crippen molar-refractivity contribution in [3.8, 4) is 0 Å². The van der Waals surface area contributed by atoms with Crippen molar-refractivity contribution >= 4 is 11.6 Å². The van der Waals surface area contributed by atoms with Crippen molar-refractivity contribution in [3.63, 3.8) is 0 Å². The summed E-state index contributed by atoms with van der Waals surface area (Å²) >= 11 is 0. The maximum atomic E-state index is 12.2. The van der Waals surface area contributed by atoms with Crippen LogP contribution >= 0.6 is 0 Å². The Hall–Kier alpha value is -1.35. The van der Waals surface area contributed by atoms with Gasteiger partial charge in [0.25, 0.3) is 0 Å². The first-order chi connectivity index (χ1) is 8.54. The Morgan fingerprint density at radius 1 is 1.22 bits per heavy atom. The van der Waals surface area contributed by atoms with Gasteiger partial charge in [0.15, 0.2) is 0 Å². The molecular weight excluding hydrogens is 224 g/mol. The number of anilines is 1. The number of nitrogens with one attached hydrogen (secondary N) is 2. The fraction of sp³-hybridized carbons (Fsp3) is 0.533. The topological polar surface area (TPSA) is 41.1 Å². The summed E-state index contributed by atoms with van der Waals surface area (Å²) in [6, 6.07) is 6.15. The lowest BCUT2D eigenvalue weighted by Gasteiger charge is -2.26. The van der Waals surface area contributed by atoms with Crippen LogP contribution in [0.4, 0.5) is 5.69 Å². The van der Waals surface area contributed by atoms with E-state index in [1.165, 1.54) is 11.1 Å². The lowest BCUT2D eigenvalue weighted by Crippen LogP contribution is -2.40. The third-order valence-corrected chi connectivity index (χ3v) is 3.43. The summed E-state index contributed by atoms with van der Waals surface area (Å²) in [5, 5.41) is 6.35. The Morgan fingerprint density at radius 2 is 1.89 bits per heavy atom. The molecule has 0 aromatic heterocycles. The molecule has 1 aliphatic heterocycles. The van der Waals surface area contributed by atoms with E-state index < -0.39 is 0 Å². The van der Waals surface area contributed by atoms with E-state index in [9.17, 15) is 4.79 Å². The van der Waals surface area contributed by atoms with Gasteiger partial charge >= 0.3 is 0 Å². The SMILES string of the molecule is Cc1cc(C)cc(NC(=O)C2CNCC(C)C2)c1. The van der Waals surface area contributed by atoms with E-state index in [0.29, 0.717) is 5.92 Å². The van der Waals surface area contributed by atoms with Gasteiger partial charge in [0.05, 0.1) is 5.92 Å². The highest BCUT2D eigenvalue weighted by atomic mass is 16.1. The molecular formula is C15H22N2O. The van der Waals surface area contributed by atoms with Crippen molar-refractivity contribution in [2.24, 2.45) is 11.8 Å². The molecule has 1 amide bonds. The molecule has 0 aliphatic carbocycles. The summed E-state index contributed by atoms with van der Waals surface area (Å²) in [5.74, 6) is 0.808. The van der Waals surface area contributed by atoms with Gasteiger partial charge in [0.2, 0.25) is 5.91 Å². The summed E-state index contributed by atoms with van der Waals surface area (Å²) in [7, 11) is 0. The fourth-order valence-corrected chi connectivity index (χ4v) is 2.65. The highest BCUT2D eigenvalue weighted by molar-refractivity contribution is 5.93. The molecule has 18 heavy (non-hydrogen) atoms. The van der Waals surface area contributed by atoms with E-state index in [2.05, 4.69) is 23.6 Å². The summed E-state index contributed by atoms with van der Waals surface area (Å²) in [4.78, 5) is 12.2. The molecule has 2 atom stereocenters. The zero-order valence-corrected chi connectivity index (χ0v) is 11.4. The monoisotopic (exact) mass is 246 g/mol. The molecule has 0 radical (unpaired) electrons. The first kappa shape index (κ1) is 13.1. The predicted octanol–water partition coefficient (Wildman–Crippen LogP) is 2.49. The number of carbonyl (C=O) groups is 1. The van der Waals surface area contributed by atoms with Crippen LogP contribution < -0.4 is 10.6 Å². The second-order valence-electron chi connectivity index (χ2n) is 5.56. The van der Waals surface area contributed by atoms with Gasteiger partial charge in [-0.1, -0.05) is 13.0 Å². The van der Waals surface area contributed by atoms with Crippen molar-refractivity contribution in [2.75, 3.05) is 18.4 Å². The van der Waals surface area contributed by atoms with Gasteiger partial charge in [-0.05, 0) is 56.0 Å². The van der Waals surface area contributed by atoms with Crippen molar-refractivity contribution in [3.05, 3.63) is 29.3 Å². The average molecular weight is 246 g/mol. The number of benzene rings is 1. The summed E-state index contributed by atoms with van der Waals surface area (Å²) < 4.78 is 0. The Balaban J connectivity index is 2.02. The molecule has 1 fully saturated rings. The van der Waals surface area contributed by atoms with Gasteiger partial charge in [0, 0.05) is 12.2 Å². The Bertz CT molecular complexity index is 422. The Labute approximate surface area is 109 Å². The molecule has 1 aromatic rings. The average Bonchev–Trinajstić information content (AvgIpc) is 2.27. The van der Waals surface area contributed by atoms with Gasteiger partial charge in [-0.25, -0.2) is 0 Å². The Morgan fingerprint density at radius 3 is 2.50 bits per heavy atom. The third kappa shape index (κ3) is 3.33. The summed E-state index contributed by atoms with van der Waals surface area (Å²) in [6.45, 7) is 8.09. The van der Waals surface area contributed by atoms with E-state index in [-0.39, 0.29) is 11.8 Å². The molecule has 1 aromatic carbocycles. The minimum atomic E-state index is 0.0922. The van der Waals surface area contributed by atoms with E-state index in [0.717, 1.165) is 25.2 Å². The first-order valence-corrected chi connectivity index (χ1v) is 6.64. The molecule has 0 saturated carbocycles. The largest absolute Gasteiger partial charge is 0.326 e. The lowest BCUT2D eigenvalue weighted by molar-refractivity contribution is -0.120. The van der Waals surface area contributed by atoms with E-state index >= 15 is 0 Å². The molecule has 2 N–H and O–H groups in total. The maximum Gasteiger partial charge on any atom is 0.228 e. The second-order valence-corrected chi connectivity index (χ2v) is 5.56. The van der Waals surface area contributed by atoms with Crippen molar-refractivity contribution in [2.45, 2.75) is 27.2 Å². The molecule has 2 unspecified atom stereocenters. The van der Waals surface area contributed by atoms with Crippen LogP contribution in [0.15, 0.2) is 18.2 Å². The first-order valence-electron chi connectivity index (χ1n) is 6.64. The van der Waals surface area contributed by atoms with E-state index in [1.54, 1.807) is 0 Å². The van der Waals surface area contributed by atoms with Gasteiger partial charge in [-0.3, -0.25) is 4.79 Å². The quantitative estimate of drug-likeness (QED) is 0.841. The van der Waals surface area contributed by atoms with Gasteiger partial charge in [-0.15, -0.1) is 0 Å². The van der Waals surface area contributed by atoms with Crippen LogP contribution in [0.3, 0.4) is 0 Å². The van der Waals surface area contributed by atoms with Crippen molar-refractivity contribution in [1.29, 1.82) is 0 Å². The zero-order valence-electron chi connectivity index (χ0n) is 11.4. The maximum absolute atomic E-state index is 12.2. The normalized spacial score (nSPS) is 23.7. The van der Waals surface area contributed by atoms with Gasteiger partial charge in [-0.2, -0.15) is 0 Å². The van der Waals surface area contributed by atoms with Crippen LogP contribution in [0, 0.1) is 25.7 Å². The number of piperidine rings is 1.